The van der Waals surface area contributed by atoms with Crippen molar-refractivity contribution >= 4 is 5.91 Å². The standard InChI is InChI=1S/C18H24N4O2/c1-12(2)9-15(17-19-11-20-22(17)3)21-18(23)14-6-7-16-13(10-14)5-4-8-24-16/h6-7,10-12,15H,4-5,8-9H2,1-3H3,(H,21,23). The Bertz CT molecular complexity index is 724. The number of hydrogen-bond donors (Lipinski definition) is 1. The van der Waals surface area contributed by atoms with Gasteiger partial charge in [-0.1, -0.05) is 13.8 Å². The van der Waals surface area contributed by atoms with Crippen LogP contribution < -0.4 is 10.1 Å². The summed E-state index contributed by atoms with van der Waals surface area (Å²) in [6, 6.07) is 5.50. The van der Waals surface area contributed by atoms with Gasteiger partial charge in [0, 0.05) is 12.6 Å². The van der Waals surface area contributed by atoms with Crippen LogP contribution in [0.1, 0.15) is 54.5 Å². The molecule has 1 amide bonds. The lowest BCUT2D eigenvalue weighted by Gasteiger charge is -2.21. The SMILES string of the molecule is CC(C)CC(NC(=O)c1ccc2c(c1)CCCO2)c1ncnn1C. The summed E-state index contributed by atoms with van der Waals surface area (Å²) in [5.41, 5.74) is 1.77. The first-order valence-corrected chi connectivity index (χ1v) is 8.45. The Hall–Kier alpha value is -2.37. The highest BCUT2D eigenvalue weighted by atomic mass is 16.5. The first kappa shape index (κ1) is 16.5. The van der Waals surface area contributed by atoms with E-state index in [2.05, 4.69) is 29.2 Å². The van der Waals surface area contributed by atoms with Crippen molar-refractivity contribution in [2.24, 2.45) is 13.0 Å². The van der Waals surface area contributed by atoms with Gasteiger partial charge in [0.25, 0.3) is 5.91 Å². The van der Waals surface area contributed by atoms with Gasteiger partial charge in [0.05, 0.1) is 12.6 Å². The lowest BCUT2D eigenvalue weighted by atomic mass is 10.0. The molecule has 1 aliphatic heterocycles. The molecule has 0 fully saturated rings. The second-order valence-corrected chi connectivity index (χ2v) is 6.67. The fraction of sp³-hybridized carbons (Fsp3) is 0.500. The summed E-state index contributed by atoms with van der Waals surface area (Å²) in [5, 5.41) is 7.23. The second-order valence-electron chi connectivity index (χ2n) is 6.67. The quantitative estimate of drug-likeness (QED) is 0.916. The summed E-state index contributed by atoms with van der Waals surface area (Å²) in [6.45, 7) is 5.01. The Balaban J connectivity index is 1.79. The summed E-state index contributed by atoms with van der Waals surface area (Å²) in [6.07, 6.45) is 4.28. The van der Waals surface area contributed by atoms with E-state index in [4.69, 9.17) is 4.74 Å². The largest absolute Gasteiger partial charge is 0.493 e. The predicted molar refractivity (Wildman–Crippen MR) is 90.9 cm³/mol. The van der Waals surface area contributed by atoms with Crippen molar-refractivity contribution in [3.05, 3.63) is 41.5 Å². The van der Waals surface area contributed by atoms with Crippen LogP contribution in [0.3, 0.4) is 0 Å². The van der Waals surface area contributed by atoms with Crippen LogP contribution in [0.15, 0.2) is 24.5 Å². The highest BCUT2D eigenvalue weighted by Gasteiger charge is 2.22. The Morgan fingerprint density at radius 2 is 2.25 bits per heavy atom. The van der Waals surface area contributed by atoms with Crippen molar-refractivity contribution < 1.29 is 9.53 Å². The number of aryl methyl sites for hydroxylation is 2. The topological polar surface area (TPSA) is 69.0 Å². The van der Waals surface area contributed by atoms with Gasteiger partial charge >= 0.3 is 0 Å². The molecule has 0 saturated heterocycles. The van der Waals surface area contributed by atoms with Crippen LogP contribution >= 0.6 is 0 Å². The maximum absolute atomic E-state index is 12.7. The van der Waals surface area contributed by atoms with E-state index in [0.717, 1.165) is 43.0 Å². The van der Waals surface area contributed by atoms with Gasteiger partial charge in [-0.15, -0.1) is 0 Å². The number of aromatic nitrogens is 3. The van der Waals surface area contributed by atoms with E-state index in [9.17, 15) is 4.79 Å². The van der Waals surface area contributed by atoms with Gasteiger partial charge in [0.2, 0.25) is 0 Å². The molecular formula is C18H24N4O2. The van der Waals surface area contributed by atoms with E-state index < -0.39 is 0 Å². The molecule has 0 aliphatic carbocycles. The molecule has 6 nitrogen and oxygen atoms in total. The molecule has 1 N–H and O–H groups in total. The van der Waals surface area contributed by atoms with E-state index in [0.29, 0.717) is 11.5 Å². The van der Waals surface area contributed by atoms with Crippen LogP contribution in [0.5, 0.6) is 5.75 Å². The van der Waals surface area contributed by atoms with E-state index in [1.807, 2.05) is 25.2 Å². The summed E-state index contributed by atoms with van der Waals surface area (Å²) < 4.78 is 7.33. The third-order valence-electron chi connectivity index (χ3n) is 4.24. The molecule has 1 unspecified atom stereocenters. The molecule has 24 heavy (non-hydrogen) atoms. The van der Waals surface area contributed by atoms with Crippen molar-refractivity contribution in [3.8, 4) is 5.75 Å². The van der Waals surface area contributed by atoms with Crippen LogP contribution in [0.25, 0.3) is 0 Å². The number of rotatable bonds is 5. The Morgan fingerprint density at radius 1 is 1.42 bits per heavy atom. The van der Waals surface area contributed by atoms with Crippen molar-refractivity contribution in [3.63, 3.8) is 0 Å². The van der Waals surface area contributed by atoms with Crippen molar-refractivity contribution in [1.29, 1.82) is 0 Å². The monoisotopic (exact) mass is 328 g/mol. The van der Waals surface area contributed by atoms with E-state index in [1.165, 1.54) is 6.33 Å². The number of ether oxygens (including phenoxy) is 1. The van der Waals surface area contributed by atoms with E-state index in [-0.39, 0.29) is 11.9 Å². The van der Waals surface area contributed by atoms with E-state index in [1.54, 1.807) is 4.68 Å². The highest BCUT2D eigenvalue weighted by molar-refractivity contribution is 5.94. The van der Waals surface area contributed by atoms with Crippen molar-refractivity contribution in [2.75, 3.05) is 6.61 Å². The smallest absolute Gasteiger partial charge is 0.251 e. The average Bonchev–Trinajstić information content (AvgIpc) is 2.99. The fourth-order valence-corrected chi connectivity index (χ4v) is 3.06. The summed E-state index contributed by atoms with van der Waals surface area (Å²) in [4.78, 5) is 17.0. The van der Waals surface area contributed by atoms with Crippen LogP contribution in [-0.4, -0.2) is 27.3 Å². The number of nitrogens with one attached hydrogen (secondary N) is 1. The van der Waals surface area contributed by atoms with Crippen LogP contribution in [0.2, 0.25) is 0 Å². The number of hydrogen-bond acceptors (Lipinski definition) is 4. The minimum absolute atomic E-state index is 0.0861. The highest BCUT2D eigenvalue weighted by Crippen LogP contribution is 2.26. The fourth-order valence-electron chi connectivity index (χ4n) is 3.06. The van der Waals surface area contributed by atoms with Crippen molar-refractivity contribution in [1.82, 2.24) is 20.1 Å². The average molecular weight is 328 g/mol. The lowest BCUT2D eigenvalue weighted by Crippen LogP contribution is -2.31. The zero-order valence-electron chi connectivity index (χ0n) is 14.5. The molecule has 1 aliphatic rings. The number of nitrogens with zero attached hydrogens (tertiary/aromatic N) is 3. The Labute approximate surface area is 142 Å². The van der Waals surface area contributed by atoms with Crippen LogP contribution in [0.4, 0.5) is 0 Å². The Kier molecular flexibility index (Phi) is 4.83. The molecule has 2 aromatic rings. The molecule has 0 bridgehead atoms. The second kappa shape index (κ2) is 7.03. The molecule has 128 valence electrons. The molecule has 1 aromatic carbocycles. The normalized spacial score (nSPS) is 14.8. The molecule has 6 heteroatoms. The molecule has 1 aromatic heterocycles. The Morgan fingerprint density at radius 3 is 2.96 bits per heavy atom. The molecule has 0 spiro atoms. The molecule has 2 heterocycles. The van der Waals surface area contributed by atoms with E-state index >= 15 is 0 Å². The summed E-state index contributed by atoms with van der Waals surface area (Å²) in [5.74, 6) is 2.02. The minimum atomic E-state index is -0.155. The third-order valence-corrected chi connectivity index (χ3v) is 4.24. The third kappa shape index (κ3) is 3.58. The summed E-state index contributed by atoms with van der Waals surface area (Å²) in [7, 11) is 1.85. The van der Waals surface area contributed by atoms with Gasteiger partial charge in [-0.3, -0.25) is 9.48 Å². The maximum Gasteiger partial charge on any atom is 0.251 e. The minimum Gasteiger partial charge on any atom is -0.493 e. The number of amides is 1. The van der Waals surface area contributed by atoms with Crippen LogP contribution in [0, 0.1) is 5.92 Å². The van der Waals surface area contributed by atoms with Gasteiger partial charge in [-0.05, 0) is 48.9 Å². The zero-order valence-corrected chi connectivity index (χ0v) is 14.5. The first-order chi connectivity index (χ1) is 11.5. The zero-order chi connectivity index (χ0) is 17.1. The van der Waals surface area contributed by atoms with Gasteiger partial charge in [-0.2, -0.15) is 5.10 Å². The predicted octanol–water partition coefficient (Wildman–Crippen LogP) is 2.66. The maximum atomic E-state index is 12.7. The van der Waals surface area contributed by atoms with Gasteiger partial charge < -0.3 is 10.1 Å². The lowest BCUT2D eigenvalue weighted by molar-refractivity contribution is 0.0929. The number of carbonyl (C=O) groups is 1. The number of carbonyl (C=O) groups excluding carboxylic acids is 1. The molecular weight excluding hydrogens is 304 g/mol. The molecule has 0 radical (unpaired) electrons. The molecule has 3 rings (SSSR count). The number of benzene rings is 1. The number of fused-ring (bicyclic) bond motifs is 1. The summed E-state index contributed by atoms with van der Waals surface area (Å²) >= 11 is 0. The first-order valence-electron chi connectivity index (χ1n) is 8.45. The molecule has 0 saturated carbocycles. The van der Waals surface area contributed by atoms with Crippen molar-refractivity contribution in [2.45, 2.75) is 39.2 Å². The van der Waals surface area contributed by atoms with Crippen LogP contribution in [-0.2, 0) is 13.5 Å². The van der Waals surface area contributed by atoms with Gasteiger partial charge in [0.1, 0.15) is 17.9 Å². The van der Waals surface area contributed by atoms with Gasteiger partial charge in [-0.25, -0.2) is 4.98 Å². The van der Waals surface area contributed by atoms with Gasteiger partial charge in [0.15, 0.2) is 0 Å². The molecule has 1 atom stereocenters.